The van der Waals surface area contributed by atoms with E-state index in [1.807, 2.05) is 37.3 Å². The Morgan fingerprint density at radius 3 is 2.65 bits per heavy atom. The maximum absolute atomic E-state index is 11.4. The van der Waals surface area contributed by atoms with Crippen LogP contribution in [0.25, 0.3) is 11.3 Å². The molecule has 0 saturated carbocycles. The van der Waals surface area contributed by atoms with Crippen molar-refractivity contribution in [3.05, 3.63) is 42.1 Å². The fourth-order valence-electron chi connectivity index (χ4n) is 1.70. The van der Waals surface area contributed by atoms with E-state index < -0.39 is 5.97 Å². The first-order valence-electron chi connectivity index (χ1n) is 5.48. The molecule has 0 aliphatic carbocycles. The zero-order valence-electron chi connectivity index (χ0n) is 9.88. The highest BCUT2D eigenvalue weighted by atomic mass is 16.5. The van der Waals surface area contributed by atoms with E-state index in [2.05, 4.69) is 9.84 Å². The molecule has 2 rings (SSSR count). The Balaban J connectivity index is 2.47. The van der Waals surface area contributed by atoms with Crippen LogP contribution in [0.4, 0.5) is 0 Å². The average Bonchev–Trinajstić information content (AvgIpc) is 2.83. The van der Waals surface area contributed by atoms with Gasteiger partial charge in [0.25, 0.3) is 0 Å². The molecule has 1 aromatic heterocycles. The smallest absolute Gasteiger partial charge is 0.358 e. The molecule has 1 aromatic carbocycles. The van der Waals surface area contributed by atoms with E-state index in [4.69, 9.17) is 0 Å². The lowest BCUT2D eigenvalue weighted by atomic mass is 10.1. The molecule has 17 heavy (non-hydrogen) atoms. The number of rotatable bonds is 3. The Kier molecular flexibility index (Phi) is 3.23. The third kappa shape index (κ3) is 2.20. The van der Waals surface area contributed by atoms with E-state index in [0.29, 0.717) is 12.2 Å². The maximum atomic E-state index is 11.4. The number of benzene rings is 1. The second-order valence-electron chi connectivity index (χ2n) is 3.59. The zero-order valence-corrected chi connectivity index (χ0v) is 9.88. The van der Waals surface area contributed by atoms with Crippen molar-refractivity contribution in [3.63, 3.8) is 0 Å². The largest absolute Gasteiger partial charge is 0.464 e. The van der Waals surface area contributed by atoms with Crippen LogP contribution < -0.4 is 0 Å². The summed E-state index contributed by atoms with van der Waals surface area (Å²) in [5.74, 6) is -0.408. The van der Waals surface area contributed by atoms with Crippen LogP contribution in [0.15, 0.2) is 36.4 Å². The molecule has 0 radical (unpaired) electrons. The van der Waals surface area contributed by atoms with Gasteiger partial charge in [-0.15, -0.1) is 0 Å². The molecule has 2 aromatic rings. The summed E-state index contributed by atoms with van der Waals surface area (Å²) in [5.41, 5.74) is 2.30. The van der Waals surface area contributed by atoms with Gasteiger partial charge in [0.05, 0.1) is 12.8 Å². The molecule has 0 fully saturated rings. The Morgan fingerprint density at radius 2 is 2.06 bits per heavy atom. The molecule has 88 valence electrons. The topological polar surface area (TPSA) is 44.1 Å². The summed E-state index contributed by atoms with van der Waals surface area (Å²) >= 11 is 0. The molecule has 0 aliphatic heterocycles. The summed E-state index contributed by atoms with van der Waals surface area (Å²) in [5, 5.41) is 4.22. The third-order valence-electron chi connectivity index (χ3n) is 2.54. The van der Waals surface area contributed by atoms with E-state index in [9.17, 15) is 4.79 Å². The number of carbonyl (C=O) groups is 1. The molecule has 0 aliphatic rings. The summed E-state index contributed by atoms with van der Waals surface area (Å²) < 4.78 is 6.46. The molecule has 4 nitrogen and oxygen atoms in total. The predicted octanol–water partition coefficient (Wildman–Crippen LogP) is 2.36. The SMILES string of the molecule is CCn1nc(C(=O)OC)cc1-c1ccccc1. The Bertz CT molecular complexity index is 517. The molecule has 1 heterocycles. The van der Waals surface area contributed by atoms with Crippen molar-refractivity contribution in [2.75, 3.05) is 7.11 Å². The minimum Gasteiger partial charge on any atom is -0.464 e. The third-order valence-corrected chi connectivity index (χ3v) is 2.54. The summed E-state index contributed by atoms with van der Waals surface area (Å²) in [6, 6.07) is 11.6. The van der Waals surface area contributed by atoms with Gasteiger partial charge in [0.15, 0.2) is 5.69 Å². The fourth-order valence-corrected chi connectivity index (χ4v) is 1.70. The Labute approximate surface area is 99.8 Å². The molecular weight excluding hydrogens is 216 g/mol. The molecule has 0 unspecified atom stereocenters. The van der Waals surface area contributed by atoms with Crippen LogP contribution >= 0.6 is 0 Å². The second-order valence-corrected chi connectivity index (χ2v) is 3.59. The van der Waals surface area contributed by atoms with E-state index in [1.165, 1.54) is 7.11 Å². The van der Waals surface area contributed by atoms with Crippen LogP contribution in [0.3, 0.4) is 0 Å². The van der Waals surface area contributed by atoms with Gasteiger partial charge < -0.3 is 4.74 Å². The van der Waals surface area contributed by atoms with Crippen molar-refractivity contribution in [3.8, 4) is 11.3 Å². The van der Waals surface area contributed by atoms with Crippen molar-refractivity contribution in [2.24, 2.45) is 0 Å². The molecular formula is C13H14N2O2. The second kappa shape index (κ2) is 4.82. The van der Waals surface area contributed by atoms with Crippen LogP contribution in [0.2, 0.25) is 0 Å². The normalized spacial score (nSPS) is 10.2. The number of ether oxygens (including phenoxy) is 1. The first-order valence-corrected chi connectivity index (χ1v) is 5.48. The summed E-state index contributed by atoms with van der Waals surface area (Å²) in [6.07, 6.45) is 0. The number of hydrogen-bond acceptors (Lipinski definition) is 3. The van der Waals surface area contributed by atoms with Crippen molar-refractivity contribution < 1.29 is 9.53 Å². The lowest BCUT2D eigenvalue weighted by Gasteiger charge is -2.03. The summed E-state index contributed by atoms with van der Waals surface area (Å²) in [7, 11) is 1.36. The number of hydrogen-bond donors (Lipinski definition) is 0. The van der Waals surface area contributed by atoms with Gasteiger partial charge in [-0.1, -0.05) is 30.3 Å². The quantitative estimate of drug-likeness (QED) is 0.760. The molecule has 0 saturated heterocycles. The number of aryl methyl sites for hydroxylation is 1. The van der Waals surface area contributed by atoms with Gasteiger partial charge in [-0.25, -0.2) is 4.79 Å². The van der Waals surface area contributed by atoms with Crippen molar-refractivity contribution in [1.82, 2.24) is 9.78 Å². The molecule has 4 heteroatoms. The maximum Gasteiger partial charge on any atom is 0.358 e. The predicted molar refractivity (Wildman–Crippen MR) is 64.7 cm³/mol. The Morgan fingerprint density at radius 1 is 1.35 bits per heavy atom. The van der Waals surface area contributed by atoms with Gasteiger partial charge in [-0.3, -0.25) is 4.68 Å². The van der Waals surface area contributed by atoms with Gasteiger partial charge in [0, 0.05) is 6.54 Å². The van der Waals surface area contributed by atoms with Gasteiger partial charge in [0.2, 0.25) is 0 Å². The van der Waals surface area contributed by atoms with Crippen LogP contribution in [-0.4, -0.2) is 22.9 Å². The minimum atomic E-state index is -0.408. The molecule has 0 N–H and O–H groups in total. The molecule has 0 amide bonds. The standard InChI is InChI=1S/C13H14N2O2/c1-3-15-12(10-7-5-4-6-8-10)9-11(14-15)13(16)17-2/h4-9H,3H2,1-2H3. The van der Waals surface area contributed by atoms with Crippen molar-refractivity contribution in [2.45, 2.75) is 13.5 Å². The molecule has 0 spiro atoms. The highest BCUT2D eigenvalue weighted by Crippen LogP contribution is 2.20. The van der Waals surface area contributed by atoms with Crippen LogP contribution in [0.5, 0.6) is 0 Å². The fraction of sp³-hybridized carbons (Fsp3) is 0.231. The number of aromatic nitrogens is 2. The minimum absolute atomic E-state index is 0.341. The molecule has 0 atom stereocenters. The summed E-state index contributed by atoms with van der Waals surface area (Å²) in [6.45, 7) is 2.70. The first-order chi connectivity index (χ1) is 8.26. The average molecular weight is 230 g/mol. The van der Waals surface area contributed by atoms with Crippen LogP contribution in [0.1, 0.15) is 17.4 Å². The lowest BCUT2D eigenvalue weighted by Crippen LogP contribution is -2.04. The van der Waals surface area contributed by atoms with Crippen LogP contribution in [0, 0.1) is 0 Å². The monoisotopic (exact) mass is 230 g/mol. The van der Waals surface area contributed by atoms with E-state index in [1.54, 1.807) is 10.7 Å². The van der Waals surface area contributed by atoms with E-state index >= 15 is 0 Å². The number of carbonyl (C=O) groups excluding carboxylic acids is 1. The highest BCUT2D eigenvalue weighted by Gasteiger charge is 2.14. The summed E-state index contributed by atoms with van der Waals surface area (Å²) in [4.78, 5) is 11.4. The highest BCUT2D eigenvalue weighted by molar-refractivity contribution is 5.88. The zero-order chi connectivity index (χ0) is 12.3. The van der Waals surface area contributed by atoms with E-state index in [0.717, 1.165) is 11.3 Å². The van der Waals surface area contributed by atoms with Gasteiger partial charge in [-0.05, 0) is 18.6 Å². The lowest BCUT2D eigenvalue weighted by molar-refractivity contribution is 0.0593. The van der Waals surface area contributed by atoms with E-state index in [-0.39, 0.29) is 0 Å². The van der Waals surface area contributed by atoms with Crippen molar-refractivity contribution in [1.29, 1.82) is 0 Å². The van der Waals surface area contributed by atoms with Gasteiger partial charge in [0.1, 0.15) is 0 Å². The first kappa shape index (κ1) is 11.4. The van der Waals surface area contributed by atoms with Gasteiger partial charge >= 0.3 is 5.97 Å². The molecule has 0 bridgehead atoms. The van der Waals surface area contributed by atoms with Crippen molar-refractivity contribution >= 4 is 5.97 Å². The number of nitrogens with zero attached hydrogens (tertiary/aromatic N) is 2. The van der Waals surface area contributed by atoms with Crippen LogP contribution in [-0.2, 0) is 11.3 Å². The number of methoxy groups -OCH3 is 1. The van der Waals surface area contributed by atoms with Gasteiger partial charge in [-0.2, -0.15) is 5.10 Å². The number of esters is 1. The Hall–Kier alpha value is -2.10.